The van der Waals surface area contributed by atoms with Gasteiger partial charge in [-0.1, -0.05) is 96.0 Å². The van der Waals surface area contributed by atoms with Crippen molar-refractivity contribution in [2.45, 2.75) is 135 Å². The second kappa shape index (κ2) is 25.2. The number of H-pyrrole nitrogens is 1. The van der Waals surface area contributed by atoms with Crippen LogP contribution in [0.15, 0.2) is 122 Å². The summed E-state index contributed by atoms with van der Waals surface area (Å²) in [7, 11) is 0. The number of ketones is 2. The summed E-state index contributed by atoms with van der Waals surface area (Å²) in [6, 6.07) is 30.9. The number of carbonyl (C=O) groups excluding carboxylic acids is 4. The highest BCUT2D eigenvalue weighted by Crippen LogP contribution is 2.37. The summed E-state index contributed by atoms with van der Waals surface area (Å²) < 4.78 is 10.6. The summed E-state index contributed by atoms with van der Waals surface area (Å²) >= 11 is 13.0. The van der Waals surface area contributed by atoms with Gasteiger partial charge in [-0.3, -0.25) is 20.2 Å². The molecule has 0 unspecified atom stereocenters. The van der Waals surface area contributed by atoms with Gasteiger partial charge in [-0.15, -0.1) is 0 Å². The number of fused-ring (bicyclic) bond motifs is 2. The van der Waals surface area contributed by atoms with Gasteiger partial charge in [0, 0.05) is 75.7 Å². The monoisotopic (exact) mass is 1120 g/mol. The van der Waals surface area contributed by atoms with Crippen molar-refractivity contribution in [1.29, 1.82) is 0 Å². The first-order valence-electron chi connectivity index (χ1n) is 27.5. The lowest BCUT2D eigenvalue weighted by atomic mass is 9.82. The fourth-order valence-electron chi connectivity index (χ4n) is 10.6. The molecule has 0 atom stereocenters. The molecule has 0 radical (unpaired) electrons. The van der Waals surface area contributed by atoms with Crippen LogP contribution in [-0.2, 0) is 15.9 Å². The molecule has 7 aromatic rings. The number of nitrogens with zero attached hydrogens (tertiary/aromatic N) is 4. The molecule has 2 fully saturated rings. The van der Waals surface area contributed by atoms with Crippen molar-refractivity contribution in [3.05, 3.63) is 160 Å². The van der Waals surface area contributed by atoms with Crippen LogP contribution in [0.2, 0.25) is 10.0 Å². The Balaban J connectivity index is 0.000000194. The van der Waals surface area contributed by atoms with Crippen molar-refractivity contribution in [3.8, 4) is 11.3 Å². The zero-order valence-electron chi connectivity index (χ0n) is 46.1. The molecule has 3 aliphatic rings. The van der Waals surface area contributed by atoms with Gasteiger partial charge in [-0.25, -0.2) is 29.5 Å². The van der Waals surface area contributed by atoms with Gasteiger partial charge < -0.3 is 25.1 Å². The number of carbonyl (C=O) groups is 4. The summed E-state index contributed by atoms with van der Waals surface area (Å²) in [5, 5.41) is 14.5. The van der Waals surface area contributed by atoms with Crippen LogP contribution in [0.1, 0.15) is 143 Å². The molecule has 0 bridgehead atoms. The predicted molar refractivity (Wildman–Crippen MR) is 318 cm³/mol. The Hall–Kier alpha value is -7.62. The number of Topliss-reactive ketones (excluding diaryl/α,β-unsaturated/α-hetero) is 2. The van der Waals surface area contributed by atoms with Crippen LogP contribution >= 0.6 is 23.2 Å². The maximum atomic E-state index is 13.0. The Morgan fingerprint density at radius 2 is 1.07 bits per heavy atom. The van der Waals surface area contributed by atoms with Gasteiger partial charge in [0.25, 0.3) is 0 Å². The maximum Gasteiger partial charge on any atom is 0.412 e. The van der Waals surface area contributed by atoms with Crippen molar-refractivity contribution < 1.29 is 28.7 Å². The van der Waals surface area contributed by atoms with Crippen molar-refractivity contribution in [2.24, 2.45) is 11.8 Å². The van der Waals surface area contributed by atoms with E-state index < -0.39 is 23.4 Å². The van der Waals surface area contributed by atoms with Gasteiger partial charge >= 0.3 is 12.2 Å². The minimum Gasteiger partial charge on any atom is -0.444 e. The van der Waals surface area contributed by atoms with E-state index in [1.165, 1.54) is 11.1 Å². The first kappa shape index (κ1) is 57.1. The van der Waals surface area contributed by atoms with E-state index in [4.69, 9.17) is 42.6 Å². The minimum absolute atomic E-state index is 0.0775. The first-order valence-corrected chi connectivity index (χ1v) is 28.2. The Kier molecular flexibility index (Phi) is 18.0. The standard InChI is InChI=1S/C32H35ClN4O3.C31H34ClN5O3/c1-32(2,3)40-31(39)36-24-9-6-8-22(18-24)28(38)17-20-11-14-23(15-12-20)35-30-34-19-27(33)29(37-30)26-16-13-21-7-4-5-10-25(21)26;1-31(2,3)40-30(39)36-22-8-6-7-20(16-22)27(38)15-19-11-13-21(14-12-19)35-29-34-18-25(32)28(37-29)24-17-33-26-10-5-4-9-23(24)26/h4-10,16,18-20,23H,11-15,17H2,1-3H3,(H,36,39)(H,34,35,37);4-10,16-19,21,33H,11-15H2,1-3H3,(H,36,39)(H,34,35,37). The molecule has 0 spiro atoms. The first-order chi connectivity index (χ1) is 38.3. The van der Waals surface area contributed by atoms with E-state index in [1.807, 2.05) is 78.1 Å². The molecule has 15 nitrogen and oxygen atoms in total. The molecule has 10 rings (SSSR count). The fourth-order valence-corrected chi connectivity index (χ4v) is 10.9. The van der Waals surface area contributed by atoms with Gasteiger partial charge in [-0.2, -0.15) is 0 Å². The van der Waals surface area contributed by atoms with E-state index in [2.05, 4.69) is 60.5 Å². The molecule has 4 aromatic carbocycles. The van der Waals surface area contributed by atoms with Crippen LogP contribution in [0.5, 0.6) is 0 Å². The minimum atomic E-state index is -0.593. The second-order valence-electron chi connectivity index (χ2n) is 22.9. The van der Waals surface area contributed by atoms with E-state index in [1.54, 1.807) is 60.9 Å². The number of halogens is 2. The summed E-state index contributed by atoms with van der Waals surface area (Å²) in [5.41, 5.74) is 8.02. The zero-order valence-corrected chi connectivity index (χ0v) is 47.6. The molecule has 80 heavy (non-hydrogen) atoms. The number of nitrogens with one attached hydrogen (secondary N) is 5. The largest absolute Gasteiger partial charge is 0.444 e. The molecule has 0 aliphatic heterocycles. The van der Waals surface area contributed by atoms with Crippen LogP contribution < -0.4 is 21.3 Å². The second-order valence-corrected chi connectivity index (χ2v) is 23.7. The number of hydrogen-bond acceptors (Lipinski definition) is 12. The highest BCUT2D eigenvalue weighted by molar-refractivity contribution is 6.33. The topological polar surface area (TPSA) is 202 Å². The highest BCUT2D eigenvalue weighted by Gasteiger charge is 2.28. The van der Waals surface area contributed by atoms with E-state index in [0.717, 1.165) is 85.5 Å². The lowest BCUT2D eigenvalue weighted by molar-refractivity contribution is 0.0624. The molecule has 416 valence electrons. The van der Waals surface area contributed by atoms with E-state index >= 15 is 0 Å². The summed E-state index contributed by atoms with van der Waals surface area (Å²) in [6.45, 7) is 10.9. The number of aromatic nitrogens is 5. The van der Waals surface area contributed by atoms with Crippen molar-refractivity contribution in [1.82, 2.24) is 24.9 Å². The number of para-hydroxylation sites is 1. The van der Waals surface area contributed by atoms with Gasteiger partial charge in [0.2, 0.25) is 11.9 Å². The Bertz CT molecular complexity index is 3400. The normalized spacial score (nSPS) is 17.9. The Morgan fingerprint density at radius 1 is 0.588 bits per heavy atom. The molecular weight excluding hydrogens is 1050 g/mol. The van der Waals surface area contributed by atoms with Crippen molar-refractivity contribution in [3.63, 3.8) is 0 Å². The number of hydrogen-bond donors (Lipinski definition) is 5. The molecule has 3 aromatic heterocycles. The quantitative estimate of drug-likeness (QED) is 0.0646. The van der Waals surface area contributed by atoms with Crippen molar-refractivity contribution >= 4 is 86.7 Å². The van der Waals surface area contributed by atoms with E-state index in [0.29, 0.717) is 74.8 Å². The summed E-state index contributed by atoms with van der Waals surface area (Å²) in [4.78, 5) is 71.9. The predicted octanol–water partition coefficient (Wildman–Crippen LogP) is 15.6. The summed E-state index contributed by atoms with van der Waals surface area (Å²) in [5.74, 6) is 1.92. The molecular formula is C63H69Cl2N9O6. The fraction of sp³-hybridized carbons (Fsp3) is 0.365. The van der Waals surface area contributed by atoms with Gasteiger partial charge in [0.15, 0.2) is 11.6 Å². The van der Waals surface area contributed by atoms with Crippen LogP contribution in [0.3, 0.4) is 0 Å². The van der Waals surface area contributed by atoms with Crippen molar-refractivity contribution in [2.75, 3.05) is 21.3 Å². The number of benzene rings is 4. The SMILES string of the molecule is CC(C)(C)OC(=O)Nc1cccc(C(=O)CC2CCC(Nc3ncc(Cl)c(-c4c[nH]c5ccccc45)n3)CC2)c1.CC(C)(C)OC(=O)Nc1cccc(C(=O)CC2CCC(Nc3ncc(Cl)c(C4=CCc5ccccc54)n3)CC2)c1. The average molecular weight is 1120 g/mol. The molecule has 0 saturated heterocycles. The van der Waals surface area contributed by atoms with Gasteiger partial charge in [-0.05, 0) is 153 Å². The van der Waals surface area contributed by atoms with E-state index in [-0.39, 0.29) is 23.7 Å². The van der Waals surface area contributed by atoms with Crippen LogP contribution in [0, 0.1) is 11.8 Å². The smallest absolute Gasteiger partial charge is 0.412 e. The zero-order chi connectivity index (χ0) is 56.6. The molecule has 5 N–H and O–H groups in total. The number of rotatable bonds is 14. The van der Waals surface area contributed by atoms with E-state index in [9.17, 15) is 19.2 Å². The van der Waals surface area contributed by atoms with Crippen LogP contribution in [-0.4, -0.2) is 72.0 Å². The van der Waals surface area contributed by atoms with Crippen LogP contribution in [0.25, 0.3) is 27.7 Å². The highest BCUT2D eigenvalue weighted by atomic mass is 35.5. The number of amides is 2. The Labute approximate surface area is 477 Å². The molecule has 17 heteroatoms. The number of aromatic amines is 1. The third-order valence-corrected chi connectivity index (χ3v) is 14.9. The number of anilines is 4. The third-order valence-electron chi connectivity index (χ3n) is 14.4. The molecule has 2 amide bonds. The van der Waals surface area contributed by atoms with Gasteiger partial charge in [0.1, 0.15) is 11.2 Å². The van der Waals surface area contributed by atoms with Crippen LogP contribution in [0.4, 0.5) is 32.9 Å². The molecule has 3 aliphatic carbocycles. The van der Waals surface area contributed by atoms with Gasteiger partial charge in [0.05, 0.1) is 33.8 Å². The average Bonchev–Trinajstić information content (AvgIpc) is 4.05. The summed E-state index contributed by atoms with van der Waals surface area (Å²) in [6.07, 6.45) is 15.6. The number of ether oxygens (including phenoxy) is 2. The third kappa shape index (κ3) is 15.4. The molecule has 3 heterocycles. The molecule has 2 saturated carbocycles. The Morgan fingerprint density at radius 3 is 1.61 bits per heavy atom. The number of allylic oxidation sites excluding steroid dienone is 1. The lowest BCUT2D eigenvalue weighted by Gasteiger charge is -2.29. The maximum absolute atomic E-state index is 13.0. The lowest BCUT2D eigenvalue weighted by Crippen LogP contribution is -2.28.